The fourth-order valence-electron chi connectivity index (χ4n) is 1.78. The van der Waals surface area contributed by atoms with Gasteiger partial charge in [0.2, 0.25) is 11.8 Å². The molecular weight excluding hydrogens is 192 g/mol. The van der Waals surface area contributed by atoms with Gasteiger partial charge >= 0.3 is 0 Å². The molecule has 1 fully saturated rings. The van der Waals surface area contributed by atoms with Crippen LogP contribution in [0.2, 0.25) is 0 Å². The highest BCUT2D eigenvalue weighted by Crippen LogP contribution is 2.44. The summed E-state index contributed by atoms with van der Waals surface area (Å²) >= 11 is 0. The van der Waals surface area contributed by atoms with Crippen LogP contribution in [0, 0.1) is 0 Å². The maximum Gasteiger partial charge on any atom is 0.221 e. The molecule has 0 radical (unpaired) electrons. The first kappa shape index (κ1) is 10.2. The molecule has 0 amide bonds. The highest BCUT2D eigenvalue weighted by molar-refractivity contribution is 5.42. The van der Waals surface area contributed by atoms with E-state index in [-0.39, 0.29) is 0 Å². The minimum atomic E-state index is 0.464. The molecular formula is C11H16N2O2. The fraction of sp³-hybridized carbons (Fsp3) is 0.545. The van der Waals surface area contributed by atoms with Crippen LogP contribution in [0.1, 0.15) is 29.9 Å². The van der Waals surface area contributed by atoms with Crippen molar-refractivity contribution in [1.29, 1.82) is 0 Å². The molecule has 4 nitrogen and oxygen atoms in total. The van der Waals surface area contributed by atoms with E-state index < -0.39 is 0 Å². The van der Waals surface area contributed by atoms with E-state index >= 15 is 0 Å². The maximum atomic E-state index is 5.72. The Balaban J connectivity index is 2.48. The van der Waals surface area contributed by atoms with Crippen LogP contribution in [0.25, 0.3) is 0 Å². The summed E-state index contributed by atoms with van der Waals surface area (Å²) in [7, 11) is 3.22. The Labute approximate surface area is 89.4 Å². The lowest BCUT2D eigenvalue weighted by molar-refractivity contribution is 0.360. The summed E-state index contributed by atoms with van der Waals surface area (Å²) in [5.74, 6) is 1.82. The Morgan fingerprint density at radius 1 is 1.40 bits per heavy atom. The summed E-state index contributed by atoms with van der Waals surface area (Å²) in [5, 5.41) is 0. The molecule has 2 N–H and O–H groups in total. The molecule has 0 saturated heterocycles. The highest BCUT2D eigenvalue weighted by Gasteiger charge is 2.28. The van der Waals surface area contributed by atoms with Crippen molar-refractivity contribution in [3.05, 3.63) is 17.2 Å². The van der Waals surface area contributed by atoms with Gasteiger partial charge in [0.15, 0.2) is 0 Å². The second-order valence-corrected chi connectivity index (χ2v) is 3.72. The molecule has 0 aromatic carbocycles. The van der Waals surface area contributed by atoms with Crippen molar-refractivity contribution in [2.24, 2.45) is 5.73 Å². The SMILES string of the molecule is COc1cc(C2CC2)c(CN)c(OC)n1. The van der Waals surface area contributed by atoms with Crippen LogP contribution >= 0.6 is 0 Å². The summed E-state index contributed by atoms with van der Waals surface area (Å²) in [5.41, 5.74) is 7.98. The lowest BCUT2D eigenvalue weighted by atomic mass is 10.1. The average Bonchev–Trinajstić information content (AvgIpc) is 3.10. The lowest BCUT2D eigenvalue weighted by Crippen LogP contribution is -2.06. The van der Waals surface area contributed by atoms with E-state index in [0.717, 1.165) is 5.56 Å². The Morgan fingerprint density at radius 2 is 2.13 bits per heavy atom. The predicted molar refractivity (Wildman–Crippen MR) is 57.2 cm³/mol. The zero-order chi connectivity index (χ0) is 10.8. The van der Waals surface area contributed by atoms with E-state index in [1.807, 2.05) is 6.07 Å². The topological polar surface area (TPSA) is 57.4 Å². The van der Waals surface area contributed by atoms with Gasteiger partial charge in [0.1, 0.15) is 0 Å². The average molecular weight is 208 g/mol. The second-order valence-electron chi connectivity index (χ2n) is 3.72. The molecule has 1 aromatic rings. The van der Waals surface area contributed by atoms with E-state index in [2.05, 4.69) is 4.98 Å². The van der Waals surface area contributed by atoms with Crippen LogP contribution in [0.5, 0.6) is 11.8 Å². The molecule has 1 aliphatic carbocycles. The zero-order valence-corrected chi connectivity index (χ0v) is 9.12. The van der Waals surface area contributed by atoms with E-state index in [4.69, 9.17) is 15.2 Å². The summed E-state index contributed by atoms with van der Waals surface area (Å²) in [4.78, 5) is 4.23. The normalized spacial score (nSPS) is 15.1. The van der Waals surface area contributed by atoms with E-state index in [1.54, 1.807) is 14.2 Å². The van der Waals surface area contributed by atoms with Crippen LogP contribution in [-0.2, 0) is 6.54 Å². The zero-order valence-electron chi connectivity index (χ0n) is 9.12. The predicted octanol–water partition coefficient (Wildman–Crippen LogP) is 1.43. The van der Waals surface area contributed by atoms with Crippen molar-refractivity contribution >= 4 is 0 Å². The van der Waals surface area contributed by atoms with Gasteiger partial charge < -0.3 is 15.2 Å². The van der Waals surface area contributed by atoms with E-state index in [1.165, 1.54) is 18.4 Å². The monoisotopic (exact) mass is 208 g/mol. The van der Waals surface area contributed by atoms with Crippen LogP contribution in [0.3, 0.4) is 0 Å². The van der Waals surface area contributed by atoms with Crippen molar-refractivity contribution in [3.63, 3.8) is 0 Å². The number of pyridine rings is 1. The van der Waals surface area contributed by atoms with Crippen LogP contribution < -0.4 is 15.2 Å². The minimum Gasteiger partial charge on any atom is -0.481 e. The lowest BCUT2D eigenvalue weighted by Gasteiger charge is -2.12. The second kappa shape index (κ2) is 4.06. The Kier molecular flexibility index (Phi) is 2.77. The largest absolute Gasteiger partial charge is 0.481 e. The quantitative estimate of drug-likeness (QED) is 0.813. The molecule has 0 bridgehead atoms. The molecule has 1 saturated carbocycles. The van der Waals surface area contributed by atoms with Crippen molar-refractivity contribution in [2.75, 3.05) is 14.2 Å². The first-order chi connectivity index (χ1) is 7.30. The maximum absolute atomic E-state index is 5.72. The third-order valence-electron chi connectivity index (χ3n) is 2.72. The van der Waals surface area contributed by atoms with Crippen molar-refractivity contribution in [1.82, 2.24) is 4.98 Å². The minimum absolute atomic E-state index is 0.464. The number of nitrogens with zero attached hydrogens (tertiary/aromatic N) is 1. The van der Waals surface area contributed by atoms with Gasteiger partial charge in [-0.15, -0.1) is 0 Å². The smallest absolute Gasteiger partial charge is 0.221 e. The van der Waals surface area contributed by atoms with E-state index in [0.29, 0.717) is 24.2 Å². The molecule has 1 aromatic heterocycles. The van der Waals surface area contributed by atoms with Gasteiger partial charge in [-0.2, -0.15) is 4.98 Å². The summed E-state index contributed by atoms with van der Waals surface area (Å²) in [6.45, 7) is 0.464. The van der Waals surface area contributed by atoms with Crippen molar-refractivity contribution in [2.45, 2.75) is 25.3 Å². The Bertz CT molecular complexity index is 362. The summed E-state index contributed by atoms with van der Waals surface area (Å²) in [6.07, 6.45) is 2.45. The van der Waals surface area contributed by atoms with Gasteiger partial charge in [-0.3, -0.25) is 0 Å². The molecule has 15 heavy (non-hydrogen) atoms. The van der Waals surface area contributed by atoms with Crippen LogP contribution in [0.15, 0.2) is 6.07 Å². The number of aromatic nitrogens is 1. The third-order valence-corrected chi connectivity index (χ3v) is 2.72. The van der Waals surface area contributed by atoms with E-state index in [9.17, 15) is 0 Å². The van der Waals surface area contributed by atoms with Gasteiger partial charge in [0, 0.05) is 18.2 Å². The number of hydrogen-bond donors (Lipinski definition) is 1. The van der Waals surface area contributed by atoms with Crippen LogP contribution in [-0.4, -0.2) is 19.2 Å². The van der Waals surface area contributed by atoms with Gasteiger partial charge in [-0.1, -0.05) is 0 Å². The fourth-order valence-corrected chi connectivity index (χ4v) is 1.78. The Morgan fingerprint density at radius 3 is 2.60 bits per heavy atom. The molecule has 1 aliphatic rings. The molecule has 82 valence electrons. The van der Waals surface area contributed by atoms with Gasteiger partial charge in [0.25, 0.3) is 0 Å². The molecule has 1 heterocycles. The molecule has 0 unspecified atom stereocenters. The van der Waals surface area contributed by atoms with Crippen LogP contribution in [0.4, 0.5) is 0 Å². The third kappa shape index (κ3) is 1.90. The number of rotatable bonds is 4. The molecule has 4 heteroatoms. The Hall–Kier alpha value is -1.29. The molecule has 0 aliphatic heterocycles. The van der Waals surface area contributed by atoms with Gasteiger partial charge in [-0.25, -0.2) is 0 Å². The summed E-state index contributed by atoms with van der Waals surface area (Å²) in [6, 6.07) is 1.97. The molecule has 0 spiro atoms. The van der Waals surface area contributed by atoms with Crippen molar-refractivity contribution in [3.8, 4) is 11.8 Å². The summed E-state index contributed by atoms with van der Waals surface area (Å²) < 4.78 is 10.4. The molecule has 0 atom stereocenters. The number of hydrogen-bond acceptors (Lipinski definition) is 4. The highest BCUT2D eigenvalue weighted by atomic mass is 16.5. The van der Waals surface area contributed by atoms with Gasteiger partial charge in [0.05, 0.1) is 14.2 Å². The number of methoxy groups -OCH3 is 2. The first-order valence-electron chi connectivity index (χ1n) is 5.12. The number of ether oxygens (including phenoxy) is 2. The molecule has 2 rings (SSSR count). The van der Waals surface area contributed by atoms with Gasteiger partial charge in [-0.05, 0) is 24.3 Å². The standard InChI is InChI=1S/C11H16N2O2/c1-14-10-5-8(7-3-4-7)9(6-12)11(13-10)15-2/h5,7H,3-4,6,12H2,1-2H3. The first-order valence-corrected chi connectivity index (χ1v) is 5.12. The number of nitrogens with two attached hydrogens (primary N) is 1. The van der Waals surface area contributed by atoms with Crippen molar-refractivity contribution < 1.29 is 9.47 Å².